The zero-order valence-corrected chi connectivity index (χ0v) is 11.2. The van der Waals surface area contributed by atoms with Crippen LogP contribution in [0.2, 0.25) is 0 Å². The third-order valence-corrected chi connectivity index (χ3v) is 2.70. The van der Waals surface area contributed by atoms with Gasteiger partial charge in [0, 0.05) is 12.0 Å². The lowest BCUT2D eigenvalue weighted by atomic mass is 9.98. The van der Waals surface area contributed by atoms with Crippen LogP contribution in [0.25, 0.3) is 0 Å². The van der Waals surface area contributed by atoms with Crippen LogP contribution in [0.3, 0.4) is 0 Å². The average molecular weight is 300 g/mol. The molecule has 1 N–H and O–H groups in total. The Kier molecular flexibility index (Phi) is 4.64. The number of hydrogen-bond acceptors (Lipinski definition) is 1. The van der Waals surface area contributed by atoms with E-state index in [9.17, 15) is 9.18 Å². The topological polar surface area (TPSA) is 37.3 Å². The molecule has 0 aromatic heterocycles. The Morgan fingerprint density at radius 1 is 1.47 bits per heavy atom. The lowest BCUT2D eigenvalue weighted by Gasteiger charge is -2.13. The Balaban J connectivity index is 3.06. The molecular formula is C11H10Cl3FO2. The average Bonchev–Trinajstić information content (AvgIpc) is 2.17. The molecule has 1 aromatic carbocycles. The fourth-order valence-electron chi connectivity index (χ4n) is 1.40. The highest BCUT2D eigenvalue weighted by Gasteiger charge is 2.23. The van der Waals surface area contributed by atoms with Gasteiger partial charge < -0.3 is 5.11 Å². The summed E-state index contributed by atoms with van der Waals surface area (Å²) >= 11 is 16.9. The minimum absolute atomic E-state index is 0.0873. The van der Waals surface area contributed by atoms with Crippen LogP contribution in [0.1, 0.15) is 24.0 Å². The molecule has 0 radical (unpaired) electrons. The molecule has 1 unspecified atom stereocenters. The van der Waals surface area contributed by atoms with Crippen molar-refractivity contribution in [3.8, 4) is 0 Å². The number of rotatable bonds is 3. The van der Waals surface area contributed by atoms with E-state index in [2.05, 4.69) is 0 Å². The van der Waals surface area contributed by atoms with Crippen molar-refractivity contribution in [2.24, 2.45) is 0 Å². The number of hydrogen-bond donors (Lipinski definition) is 1. The van der Waals surface area contributed by atoms with Gasteiger partial charge in [-0.2, -0.15) is 0 Å². The molecule has 1 rings (SSSR count). The number of aliphatic carboxylic acids is 1. The molecule has 0 fully saturated rings. The summed E-state index contributed by atoms with van der Waals surface area (Å²) in [6, 6.07) is 4.06. The Bertz CT molecular complexity index is 429. The van der Waals surface area contributed by atoms with E-state index in [-0.39, 0.29) is 12.0 Å². The summed E-state index contributed by atoms with van der Waals surface area (Å²) in [6.45, 7) is 1.40. The highest BCUT2D eigenvalue weighted by molar-refractivity contribution is 6.67. The third-order valence-electron chi connectivity index (χ3n) is 2.30. The maximum atomic E-state index is 13.5. The van der Waals surface area contributed by atoms with Gasteiger partial charge in [-0.15, -0.1) is 0 Å². The van der Waals surface area contributed by atoms with Gasteiger partial charge in [0.1, 0.15) is 5.82 Å². The summed E-state index contributed by atoms with van der Waals surface area (Å²) in [7, 11) is 0. The van der Waals surface area contributed by atoms with Crippen molar-refractivity contribution < 1.29 is 14.3 Å². The Hall–Kier alpha value is -0.510. The minimum Gasteiger partial charge on any atom is -0.481 e. The van der Waals surface area contributed by atoms with Crippen molar-refractivity contribution in [1.82, 2.24) is 0 Å². The normalized spacial score (nSPS) is 13.5. The standard InChI is InChI=1S/C11H10Cl3FO2/c1-6(10(16)17)8-4-7(2-3-9(8)15)5-11(12,13)14/h2-4,6H,5H2,1H3,(H,16,17). The highest BCUT2D eigenvalue weighted by atomic mass is 35.6. The predicted octanol–water partition coefficient (Wildman–Crippen LogP) is 3.93. The molecule has 0 bridgehead atoms. The second-order valence-corrected chi connectivity index (χ2v) is 6.22. The Morgan fingerprint density at radius 2 is 2.06 bits per heavy atom. The largest absolute Gasteiger partial charge is 0.481 e. The zero-order valence-electron chi connectivity index (χ0n) is 8.88. The van der Waals surface area contributed by atoms with Gasteiger partial charge in [0.15, 0.2) is 3.79 Å². The van der Waals surface area contributed by atoms with Crippen molar-refractivity contribution in [1.29, 1.82) is 0 Å². The van der Waals surface area contributed by atoms with E-state index >= 15 is 0 Å². The SMILES string of the molecule is CC(C(=O)O)c1cc(CC(Cl)(Cl)Cl)ccc1F. The van der Waals surface area contributed by atoms with Crippen LogP contribution in [0.4, 0.5) is 4.39 Å². The lowest BCUT2D eigenvalue weighted by Crippen LogP contribution is -2.12. The first kappa shape index (κ1) is 14.6. The van der Waals surface area contributed by atoms with Crippen LogP contribution in [-0.4, -0.2) is 14.9 Å². The number of benzene rings is 1. The first-order chi connectivity index (χ1) is 7.70. The maximum absolute atomic E-state index is 13.5. The smallest absolute Gasteiger partial charge is 0.310 e. The molecule has 94 valence electrons. The van der Waals surface area contributed by atoms with Gasteiger partial charge in [-0.3, -0.25) is 4.79 Å². The molecule has 17 heavy (non-hydrogen) atoms. The van der Waals surface area contributed by atoms with Crippen LogP contribution in [-0.2, 0) is 11.2 Å². The van der Waals surface area contributed by atoms with Gasteiger partial charge in [-0.05, 0) is 18.6 Å². The van der Waals surface area contributed by atoms with E-state index in [4.69, 9.17) is 39.9 Å². The zero-order chi connectivity index (χ0) is 13.2. The van der Waals surface area contributed by atoms with E-state index in [1.807, 2.05) is 0 Å². The molecule has 0 amide bonds. The van der Waals surface area contributed by atoms with Crippen LogP contribution < -0.4 is 0 Å². The van der Waals surface area contributed by atoms with Gasteiger partial charge in [0.25, 0.3) is 0 Å². The van der Waals surface area contributed by atoms with E-state index in [0.717, 1.165) is 0 Å². The molecule has 2 nitrogen and oxygen atoms in total. The highest BCUT2D eigenvalue weighted by Crippen LogP contribution is 2.31. The number of halogens is 4. The Morgan fingerprint density at radius 3 is 2.53 bits per heavy atom. The summed E-state index contributed by atoms with van der Waals surface area (Å²) in [5.74, 6) is -2.62. The van der Waals surface area contributed by atoms with Gasteiger partial charge in [-0.1, -0.05) is 46.9 Å². The maximum Gasteiger partial charge on any atom is 0.310 e. The van der Waals surface area contributed by atoms with E-state index in [1.54, 1.807) is 0 Å². The predicted molar refractivity (Wildman–Crippen MR) is 66.4 cm³/mol. The van der Waals surface area contributed by atoms with E-state index in [0.29, 0.717) is 5.56 Å². The number of carbonyl (C=O) groups is 1. The molecule has 0 aliphatic rings. The molecule has 0 aliphatic carbocycles. The van der Waals surface area contributed by atoms with Crippen LogP contribution in [0, 0.1) is 5.82 Å². The summed E-state index contributed by atoms with van der Waals surface area (Å²) in [6.07, 6.45) is 0.0945. The molecule has 0 saturated carbocycles. The quantitative estimate of drug-likeness (QED) is 0.859. The monoisotopic (exact) mass is 298 g/mol. The number of carboxylic acids is 1. The van der Waals surface area contributed by atoms with Crippen molar-refractivity contribution in [3.63, 3.8) is 0 Å². The molecule has 1 aromatic rings. The van der Waals surface area contributed by atoms with Crippen molar-refractivity contribution in [2.75, 3.05) is 0 Å². The van der Waals surface area contributed by atoms with Gasteiger partial charge in [0.05, 0.1) is 5.92 Å². The minimum atomic E-state index is -1.48. The first-order valence-corrected chi connectivity index (χ1v) is 5.92. The molecule has 0 spiro atoms. The van der Waals surface area contributed by atoms with Gasteiger partial charge in [0.2, 0.25) is 0 Å². The van der Waals surface area contributed by atoms with Crippen molar-refractivity contribution in [3.05, 3.63) is 35.1 Å². The number of carboxylic acid groups (broad SMARTS) is 1. The second-order valence-electron chi connectivity index (χ2n) is 3.71. The fourth-order valence-corrected chi connectivity index (χ4v) is 1.86. The van der Waals surface area contributed by atoms with Crippen LogP contribution in [0.5, 0.6) is 0 Å². The third kappa shape index (κ3) is 4.34. The molecule has 0 heterocycles. The molecule has 0 saturated heterocycles. The lowest BCUT2D eigenvalue weighted by molar-refractivity contribution is -0.138. The molecule has 1 atom stereocenters. The molecule has 6 heteroatoms. The van der Waals surface area contributed by atoms with Crippen molar-refractivity contribution in [2.45, 2.75) is 23.1 Å². The van der Waals surface area contributed by atoms with Gasteiger partial charge in [-0.25, -0.2) is 4.39 Å². The summed E-state index contributed by atoms with van der Waals surface area (Å²) in [5.41, 5.74) is 0.666. The Labute approximate surface area is 113 Å². The molecule has 0 aliphatic heterocycles. The summed E-state index contributed by atoms with van der Waals surface area (Å²) in [5, 5.41) is 8.84. The van der Waals surface area contributed by atoms with E-state index in [1.165, 1.54) is 25.1 Å². The van der Waals surface area contributed by atoms with E-state index < -0.39 is 21.5 Å². The van der Waals surface area contributed by atoms with Crippen LogP contribution in [0.15, 0.2) is 18.2 Å². The summed E-state index contributed by atoms with van der Waals surface area (Å²) < 4.78 is 12.0. The summed E-state index contributed by atoms with van der Waals surface area (Å²) in [4.78, 5) is 10.8. The molecular weight excluding hydrogens is 289 g/mol. The van der Waals surface area contributed by atoms with Gasteiger partial charge >= 0.3 is 5.97 Å². The first-order valence-electron chi connectivity index (χ1n) is 4.78. The second kappa shape index (κ2) is 5.42. The van der Waals surface area contributed by atoms with Crippen LogP contribution >= 0.6 is 34.8 Å². The van der Waals surface area contributed by atoms with Crippen molar-refractivity contribution >= 4 is 40.8 Å². The fraction of sp³-hybridized carbons (Fsp3) is 0.364. The number of alkyl halides is 3.